The van der Waals surface area contributed by atoms with Crippen LogP contribution >= 0.6 is 0 Å². The van der Waals surface area contributed by atoms with Gasteiger partial charge in [-0.3, -0.25) is 4.79 Å². The summed E-state index contributed by atoms with van der Waals surface area (Å²) < 4.78 is 20.9. The molecule has 2 aliphatic rings. The number of carbonyl (C=O) groups excluding carboxylic acids is 1. The molecule has 7 nitrogen and oxygen atoms in total. The molecule has 3 heterocycles. The number of nitrogens with one attached hydrogen (secondary N) is 1. The van der Waals surface area contributed by atoms with E-state index in [1.54, 1.807) is 12.3 Å². The van der Waals surface area contributed by atoms with Crippen LogP contribution in [0.4, 0.5) is 10.3 Å². The molecule has 0 bridgehead atoms. The third kappa shape index (κ3) is 3.94. The van der Waals surface area contributed by atoms with Gasteiger partial charge in [0.2, 0.25) is 5.95 Å². The number of amides is 1. The number of anilines is 1. The third-order valence-corrected chi connectivity index (χ3v) is 6.75. The van der Waals surface area contributed by atoms with Gasteiger partial charge in [0, 0.05) is 37.7 Å². The molecular weight excluding hydrogens is 421 g/mol. The summed E-state index contributed by atoms with van der Waals surface area (Å²) in [4.78, 5) is 23.7. The zero-order valence-electron chi connectivity index (χ0n) is 19.1. The number of methoxy groups -OCH3 is 1. The molecule has 0 saturated heterocycles. The van der Waals surface area contributed by atoms with Gasteiger partial charge in [0.05, 0.1) is 19.7 Å². The molecule has 3 aromatic rings. The summed E-state index contributed by atoms with van der Waals surface area (Å²) >= 11 is 0. The zero-order chi connectivity index (χ0) is 23.1. The number of aromatic nitrogens is 3. The molecule has 1 saturated carbocycles. The maximum Gasteiger partial charge on any atom is 0.255 e. The smallest absolute Gasteiger partial charge is 0.255 e. The van der Waals surface area contributed by atoms with Crippen molar-refractivity contribution in [3.05, 3.63) is 70.6 Å². The number of benzene rings is 1. The standard InChI is InChI=1S/C25H28FN5O2/c1-15(18-12-22(33-3)23(26)29-13-18)31-8-6-19-20(17-4-5-17)10-16(11-21(19)24(31)32)14-30-9-7-28-25(30)27-2/h7,9-13,15,17H,4-6,8,14H2,1-3H3,(H,27,28). The van der Waals surface area contributed by atoms with Crippen LogP contribution in [0.3, 0.4) is 0 Å². The van der Waals surface area contributed by atoms with Crippen LogP contribution in [-0.4, -0.2) is 46.0 Å². The largest absolute Gasteiger partial charge is 0.492 e. The highest BCUT2D eigenvalue weighted by Gasteiger charge is 2.34. The van der Waals surface area contributed by atoms with Crippen LogP contribution in [0.2, 0.25) is 0 Å². The predicted molar refractivity (Wildman–Crippen MR) is 123 cm³/mol. The van der Waals surface area contributed by atoms with E-state index in [-0.39, 0.29) is 17.7 Å². The monoisotopic (exact) mass is 449 g/mol. The van der Waals surface area contributed by atoms with Crippen molar-refractivity contribution in [3.8, 4) is 5.75 Å². The number of halogens is 1. The molecule has 1 unspecified atom stereocenters. The normalized spacial score (nSPS) is 16.5. The SMILES string of the molecule is CNc1nccn1Cc1cc2c(c(C3CC3)c1)CCN(C(C)c1cnc(F)c(OC)c1)C2=O. The minimum atomic E-state index is -0.650. The molecular formula is C25H28FN5O2. The zero-order valence-corrected chi connectivity index (χ0v) is 19.1. The Labute approximate surface area is 192 Å². The van der Waals surface area contributed by atoms with Crippen molar-refractivity contribution in [3.63, 3.8) is 0 Å². The predicted octanol–water partition coefficient (Wildman–Crippen LogP) is 4.15. The molecule has 0 spiro atoms. The van der Waals surface area contributed by atoms with Crippen molar-refractivity contribution in [1.29, 1.82) is 0 Å². The van der Waals surface area contributed by atoms with E-state index in [9.17, 15) is 9.18 Å². The second-order valence-corrected chi connectivity index (χ2v) is 8.80. The van der Waals surface area contributed by atoms with E-state index in [2.05, 4.69) is 21.4 Å². The second-order valence-electron chi connectivity index (χ2n) is 8.80. The first-order valence-electron chi connectivity index (χ1n) is 11.3. The van der Waals surface area contributed by atoms with Crippen molar-refractivity contribution in [2.45, 2.75) is 44.7 Å². The summed E-state index contributed by atoms with van der Waals surface area (Å²) in [5, 5.41) is 3.10. The number of hydrogen-bond donors (Lipinski definition) is 1. The second kappa shape index (κ2) is 8.50. The molecule has 5 rings (SSSR count). The van der Waals surface area contributed by atoms with Crippen LogP contribution in [0.15, 0.2) is 36.8 Å². The van der Waals surface area contributed by atoms with Gasteiger partial charge in [0.25, 0.3) is 11.9 Å². The molecule has 8 heteroatoms. The molecule has 1 fully saturated rings. The topological polar surface area (TPSA) is 72.3 Å². The molecule has 1 atom stereocenters. The van der Waals surface area contributed by atoms with Gasteiger partial charge >= 0.3 is 0 Å². The summed E-state index contributed by atoms with van der Waals surface area (Å²) in [6.07, 6.45) is 8.36. The number of pyridine rings is 1. The van der Waals surface area contributed by atoms with Crippen LogP contribution in [0.25, 0.3) is 0 Å². The lowest BCUT2D eigenvalue weighted by atomic mass is 9.88. The number of imidazole rings is 1. The Bertz CT molecular complexity index is 1200. The molecule has 172 valence electrons. The number of fused-ring (bicyclic) bond motifs is 1. The molecule has 1 amide bonds. The van der Waals surface area contributed by atoms with Gasteiger partial charge in [-0.25, -0.2) is 9.97 Å². The Morgan fingerprint density at radius 2 is 2.09 bits per heavy atom. The molecule has 33 heavy (non-hydrogen) atoms. The van der Waals surface area contributed by atoms with Crippen LogP contribution in [0, 0.1) is 5.95 Å². The summed E-state index contributed by atoms with van der Waals surface area (Å²) in [5.74, 6) is 0.786. The summed E-state index contributed by atoms with van der Waals surface area (Å²) in [6, 6.07) is 5.69. The highest BCUT2D eigenvalue weighted by molar-refractivity contribution is 5.97. The Hall–Kier alpha value is -3.42. The van der Waals surface area contributed by atoms with Gasteiger partial charge in [-0.2, -0.15) is 4.39 Å². The Morgan fingerprint density at radius 1 is 1.27 bits per heavy atom. The molecule has 0 radical (unpaired) electrons. The number of rotatable bonds is 7. The van der Waals surface area contributed by atoms with E-state index in [0.29, 0.717) is 19.0 Å². The quantitative estimate of drug-likeness (QED) is 0.549. The number of nitrogens with zero attached hydrogens (tertiary/aromatic N) is 4. The fourth-order valence-electron chi connectivity index (χ4n) is 4.79. The van der Waals surface area contributed by atoms with E-state index >= 15 is 0 Å². The van der Waals surface area contributed by atoms with Crippen LogP contribution in [-0.2, 0) is 13.0 Å². The summed E-state index contributed by atoms with van der Waals surface area (Å²) in [5.41, 5.74) is 5.13. The Kier molecular flexibility index (Phi) is 5.52. The van der Waals surface area contributed by atoms with Crippen LogP contribution < -0.4 is 10.1 Å². The van der Waals surface area contributed by atoms with Crippen molar-refractivity contribution in [1.82, 2.24) is 19.4 Å². The summed E-state index contributed by atoms with van der Waals surface area (Å²) in [7, 11) is 3.26. The van der Waals surface area contributed by atoms with E-state index in [0.717, 1.165) is 29.1 Å². The van der Waals surface area contributed by atoms with Gasteiger partial charge < -0.3 is 19.5 Å². The maximum atomic E-state index is 13.8. The molecule has 1 aliphatic heterocycles. The average Bonchev–Trinajstić information content (AvgIpc) is 3.58. The lowest BCUT2D eigenvalue weighted by Crippen LogP contribution is -2.40. The van der Waals surface area contributed by atoms with E-state index in [1.165, 1.54) is 37.3 Å². The minimum absolute atomic E-state index is 0.00950. The van der Waals surface area contributed by atoms with Crippen molar-refractivity contribution < 1.29 is 13.9 Å². The van der Waals surface area contributed by atoms with Crippen LogP contribution in [0.5, 0.6) is 5.75 Å². The molecule has 2 aromatic heterocycles. The number of hydrogen-bond acceptors (Lipinski definition) is 5. The molecule has 1 aromatic carbocycles. The first-order valence-corrected chi connectivity index (χ1v) is 11.3. The van der Waals surface area contributed by atoms with Crippen LogP contribution in [0.1, 0.15) is 64.3 Å². The minimum Gasteiger partial charge on any atom is -0.492 e. The van der Waals surface area contributed by atoms with Gasteiger partial charge in [-0.15, -0.1) is 0 Å². The number of carbonyl (C=O) groups is 1. The van der Waals surface area contributed by atoms with Crippen molar-refractivity contribution in [2.75, 3.05) is 26.0 Å². The summed E-state index contributed by atoms with van der Waals surface area (Å²) in [6.45, 7) is 3.22. The fourth-order valence-corrected chi connectivity index (χ4v) is 4.79. The molecule has 1 aliphatic carbocycles. The van der Waals surface area contributed by atoms with Gasteiger partial charge in [-0.05, 0) is 66.5 Å². The Morgan fingerprint density at radius 3 is 2.82 bits per heavy atom. The highest BCUT2D eigenvalue weighted by atomic mass is 19.1. The number of ether oxygens (including phenoxy) is 1. The van der Waals surface area contributed by atoms with E-state index in [1.807, 2.05) is 35.7 Å². The lowest BCUT2D eigenvalue weighted by molar-refractivity contribution is 0.0671. The first-order chi connectivity index (χ1) is 16.0. The Balaban J connectivity index is 1.48. The maximum absolute atomic E-state index is 13.8. The van der Waals surface area contributed by atoms with E-state index in [4.69, 9.17) is 4.74 Å². The van der Waals surface area contributed by atoms with E-state index < -0.39 is 5.95 Å². The fraction of sp³-hybridized carbons (Fsp3) is 0.400. The van der Waals surface area contributed by atoms with Crippen molar-refractivity contribution >= 4 is 11.9 Å². The van der Waals surface area contributed by atoms with Crippen molar-refractivity contribution in [2.24, 2.45) is 0 Å². The average molecular weight is 450 g/mol. The highest BCUT2D eigenvalue weighted by Crippen LogP contribution is 2.44. The first kappa shape index (κ1) is 21.4. The van der Waals surface area contributed by atoms with Gasteiger partial charge in [0.1, 0.15) is 0 Å². The van der Waals surface area contributed by atoms with Gasteiger partial charge in [0.15, 0.2) is 5.75 Å². The molecule has 1 N–H and O–H groups in total. The van der Waals surface area contributed by atoms with Gasteiger partial charge in [-0.1, -0.05) is 6.07 Å². The lowest BCUT2D eigenvalue weighted by Gasteiger charge is -2.35. The third-order valence-electron chi connectivity index (χ3n) is 6.75.